The van der Waals surface area contributed by atoms with E-state index in [1.165, 1.54) is 4.48 Å². The monoisotopic (exact) mass is 356 g/mol. The Morgan fingerprint density at radius 3 is 2.27 bits per heavy atom. The molecule has 1 N–H and O–H groups in total. The molecule has 0 atom stereocenters. The number of rotatable bonds is 3. The first-order valence-electron chi connectivity index (χ1n) is 8.67. The first-order chi connectivity index (χ1) is 12.0. The highest BCUT2D eigenvalue weighted by molar-refractivity contribution is 6.43. The molecule has 3 rings (SSSR count). The third kappa shape index (κ3) is 3.26. The van der Waals surface area contributed by atoms with Gasteiger partial charge in [-0.25, -0.2) is 9.97 Å². The summed E-state index contributed by atoms with van der Waals surface area (Å²) in [7, 11) is -0.775. The Morgan fingerprint density at radius 2 is 1.69 bits per heavy atom. The molecule has 1 aliphatic heterocycles. The highest BCUT2D eigenvalue weighted by Gasteiger charge is 2.53. The summed E-state index contributed by atoms with van der Waals surface area (Å²) in [5.74, 6) is 1.23. The number of nitrogens with one attached hydrogen (secondary N) is 1. The van der Waals surface area contributed by atoms with Crippen molar-refractivity contribution in [2.45, 2.75) is 59.7 Å². The van der Waals surface area contributed by atoms with Gasteiger partial charge in [0.1, 0.15) is 17.3 Å². The second-order valence-electron chi connectivity index (χ2n) is 7.72. The molecule has 2 aromatic rings. The van der Waals surface area contributed by atoms with Gasteiger partial charge < -0.3 is 19.1 Å². The van der Waals surface area contributed by atoms with Gasteiger partial charge >= 0.3 is 7.25 Å². The summed E-state index contributed by atoms with van der Waals surface area (Å²) >= 11 is 0. The highest BCUT2D eigenvalue weighted by atomic mass is 16.7. The third-order valence-corrected chi connectivity index (χ3v) is 5.01. The standard InChI is InChI=1S/C18H25BN4O3/c1-11-8-9-23(19-25-17(4,5)18(6,7)26-19)16(24)15(11)22-14-10-12(2)20-13(3)21-14/h8-10H,1-7H3,(H,20,21,22). The zero-order valence-corrected chi connectivity index (χ0v) is 16.4. The maximum absolute atomic E-state index is 13.1. The minimum atomic E-state index is -0.775. The van der Waals surface area contributed by atoms with Crippen molar-refractivity contribution in [1.29, 1.82) is 0 Å². The maximum atomic E-state index is 13.1. The van der Waals surface area contributed by atoms with Crippen LogP contribution in [0, 0.1) is 20.8 Å². The lowest BCUT2D eigenvalue weighted by molar-refractivity contribution is 0.00578. The van der Waals surface area contributed by atoms with Crippen molar-refractivity contribution in [1.82, 2.24) is 14.4 Å². The van der Waals surface area contributed by atoms with Gasteiger partial charge in [0.25, 0.3) is 5.56 Å². The molecular weight excluding hydrogens is 331 g/mol. The van der Waals surface area contributed by atoms with Crippen molar-refractivity contribution in [3.8, 4) is 0 Å². The number of aryl methyl sites for hydroxylation is 3. The summed E-state index contributed by atoms with van der Waals surface area (Å²) in [4.78, 5) is 21.7. The summed E-state index contributed by atoms with van der Waals surface area (Å²) in [6.45, 7) is 13.4. The molecule has 8 heteroatoms. The largest absolute Gasteiger partial charge is 0.601 e. The van der Waals surface area contributed by atoms with Crippen molar-refractivity contribution in [3.05, 3.63) is 45.8 Å². The predicted octanol–water partition coefficient (Wildman–Crippen LogP) is 2.74. The molecule has 1 aliphatic rings. The molecule has 3 heterocycles. The molecule has 2 aromatic heterocycles. The molecule has 1 fully saturated rings. The predicted molar refractivity (Wildman–Crippen MR) is 102 cm³/mol. The van der Waals surface area contributed by atoms with Crippen LogP contribution in [0.4, 0.5) is 11.5 Å². The summed E-state index contributed by atoms with van der Waals surface area (Å²) < 4.78 is 13.5. The van der Waals surface area contributed by atoms with Gasteiger partial charge in [0.2, 0.25) is 0 Å². The van der Waals surface area contributed by atoms with Crippen LogP contribution < -0.4 is 10.9 Å². The van der Waals surface area contributed by atoms with E-state index < -0.39 is 18.5 Å². The van der Waals surface area contributed by atoms with Crippen LogP contribution in [0.15, 0.2) is 23.1 Å². The zero-order chi connectivity index (χ0) is 19.3. The molecule has 0 aliphatic carbocycles. The van der Waals surface area contributed by atoms with Crippen molar-refractivity contribution in [3.63, 3.8) is 0 Å². The molecule has 7 nitrogen and oxygen atoms in total. The lowest BCUT2D eigenvalue weighted by Gasteiger charge is -2.32. The topological polar surface area (TPSA) is 78.3 Å². The molecule has 0 aromatic carbocycles. The van der Waals surface area contributed by atoms with Gasteiger partial charge in [0.15, 0.2) is 0 Å². The molecule has 0 saturated carbocycles. The smallest absolute Gasteiger partial charge is 0.384 e. The lowest BCUT2D eigenvalue weighted by Crippen LogP contribution is -2.41. The van der Waals surface area contributed by atoms with E-state index in [0.29, 0.717) is 17.3 Å². The number of pyridine rings is 1. The molecule has 1 saturated heterocycles. The lowest BCUT2D eigenvalue weighted by atomic mass is 9.90. The van der Waals surface area contributed by atoms with Gasteiger partial charge in [0.05, 0.1) is 11.2 Å². The van der Waals surface area contributed by atoms with Crippen LogP contribution in [0.25, 0.3) is 0 Å². The number of aromatic nitrogens is 3. The summed E-state index contributed by atoms with van der Waals surface area (Å²) in [5.41, 5.74) is 0.834. The van der Waals surface area contributed by atoms with Crippen LogP contribution >= 0.6 is 0 Å². The van der Waals surface area contributed by atoms with Crippen LogP contribution in [0.2, 0.25) is 0 Å². The van der Waals surface area contributed by atoms with E-state index in [4.69, 9.17) is 9.31 Å². The summed E-state index contributed by atoms with van der Waals surface area (Å²) in [5, 5.41) is 3.13. The molecule has 0 spiro atoms. The van der Waals surface area contributed by atoms with Crippen molar-refractivity contribution in [2.24, 2.45) is 0 Å². The number of hydrogen-bond acceptors (Lipinski definition) is 6. The van der Waals surface area contributed by atoms with Crippen LogP contribution in [0.1, 0.15) is 44.8 Å². The Balaban J connectivity index is 1.99. The third-order valence-electron chi connectivity index (χ3n) is 5.01. The highest BCUT2D eigenvalue weighted by Crippen LogP contribution is 2.36. The van der Waals surface area contributed by atoms with Gasteiger partial charge in [0, 0.05) is 11.8 Å². The summed E-state index contributed by atoms with van der Waals surface area (Å²) in [6.07, 6.45) is 1.70. The molecule has 26 heavy (non-hydrogen) atoms. The average molecular weight is 356 g/mol. The second kappa shape index (κ2) is 6.21. The SMILES string of the molecule is Cc1cc(Nc2c(C)ccn(B3OC(C)(C)C(C)(C)O3)c2=O)nc(C)n1. The molecular formula is C18H25BN4O3. The van der Waals surface area contributed by atoms with Crippen LogP contribution in [-0.2, 0) is 9.31 Å². The minimum absolute atomic E-state index is 0.225. The fourth-order valence-corrected chi connectivity index (χ4v) is 2.79. The van der Waals surface area contributed by atoms with Crippen LogP contribution in [0.3, 0.4) is 0 Å². The number of hydrogen-bond donors (Lipinski definition) is 1. The average Bonchev–Trinajstić information content (AvgIpc) is 2.70. The van der Waals surface area contributed by atoms with Gasteiger partial charge in [-0.05, 0) is 66.3 Å². The van der Waals surface area contributed by atoms with Gasteiger partial charge in [-0.2, -0.15) is 0 Å². The molecule has 0 radical (unpaired) electrons. The van der Waals surface area contributed by atoms with Gasteiger partial charge in [-0.1, -0.05) is 0 Å². The maximum Gasteiger partial charge on any atom is 0.601 e. The van der Waals surface area contributed by atoms with E-state index in [2.05, 4.69) is 15.3 Å². The Morgan fingerprint density at radius 1 is 1.08 bits per heavy atom. The Kier molecular flexibility index (Phi) is 4.44. The van der Waals surface area contributed by atoms with Gasteiger partial charge in [-0.3, -0.25) is 4.79 Å². The van der Waals surface area contributed by atoms with E-state index in [9.17, 15) is 4.79 Å². The minimum Gasteiger partial charge on any atom is -0.384 e. The first kappa shape index (κ1) is 18.6. The van der Waals surface area contributed by atoms with Crippen molar-refractivity contribution in [2.75, 3.05) is 5.32 Å². The van der Waals surface area contributed by atoms with E-state index in [-0.39, 0.29) is 5.56 Å². The quantitative estimate of drug-likeness (QED) is 0.852. The van der Waals surface area contributed by atoms with Crippen molar-refractivity contribution < 1.29 is 9.31 Å². The van der Waals surface area contributed by atoms with Crippen molar-refractivity contribution >= 4 is 18.8 Å². The molecule has 0 amide bonds. The van der Waals surface area contributed by atoms with E-state index in [1.54, 1.807) is 12.3 Å². The molecule has 0 unspecified atom stereocenters. The fraction of sp³-hybridized carbons (Fsp3) is 0.500. The second-order valence-corrected chi connectivity index (χ2v) is 7.72. The van der Waals surface area contributed by atoms with Crippen LogP contribution in [-0.4, -0.2) is 32.9 Å². The van der Waals surface area contributed by atoms with E-state index in [1.807, 2.05) is 54.5 Å². The van der Waals surface area contributed by atoms with Crippen LogP contribution in [0.5, 0.6) is 0 Å². The first-order valence-corrected chi connectivity index (χ1v) is 8.67. The van der Waals surface area contributed by atoms with Gasteiger partial charge in [-0.15, -0.1) is 0 Å². The Bertz CT molecular complexity index is 872. The fourth-order valence-electron chi connectivity index (χ4n) is 2.79. The number of anilines is 2. The number of nitrogens with zero attached hydrogens (tertiary/aromatic N) is 3. The Hall–Kier alpha value is -2.19. The zero-order valence-electron chi connectivity index (χ0n) is 16.4. The Labute approximate surface area is 153 Å². The molecule has 138 valence electrons. The molecule has 0 bridgehead atoms. The summed E-state index contributed by atoms with van der Waals surface area (Å²) in [6, 6.07) is 3.66. The van der Waals surface area contributed by atoms with E-state index in [0.717, 1.165) is 11.3 Å². The van der Waals surface area contributed by atoms with E-state index >= 15 is 0 Å². The normalized spacial score (nSPS) is 18.2.